The van der Waals surface area contributed by atoms with Crippen LogP contribution in [0.15, 0.2) is 200 Å². The average Bonchev–Trinajstić information content (AvgIpc) is 3.96. The molecule has 0 atom stereocenters. The molecule has 1 nitrogen and oxygen atoms in total. The van der Waals surface area contributed by atoms with Crippen molar-refractivity contribution in [1.82, 2.24) is 0 Å². The number of benzene rings is 9. The van der Waals surface area contributed by atoms with Gasteiger partial charge in [0.2, 0.25) is 0 Å². The van der Waals surface area contributed by atoms with Crippen molar-refractivity contribution in [1.29, 1.82) is 0 Å². The molecule has 9 aromatic carbocycles. The molecule has 0 aliphatic heterocycles. The Kier molecular flexibility index (Phi) is 7.38. The largest absolute Gasteiger partial charge is 0.310 e. The summed E-state index contributed by atoms with van der Waals surface area (Å²) >= 11 is 3.74. The highest BCUT2D eigenvalue weighted by Gasteiger charge is 2.53. The maximum Gasteiger partial charge on any atom is 0.0719 e. The molecule has 0 fully saturated rings. The predicted molar refractivity (Wildman–Crippen MR) is 262 cm³/mol. The van der Waals surface area contributed by atoms with E-state index in [1.807, 2.05) is 22.7 Å². The van der Waals surface area contributed by atoms with Crippen molar-refractivity contribution in [3.63, 3.8) is 0 Å². The standard InChI is InChI=1S/C58H39NS2/c1-57(2)48-17-7-9-19-50(48)58(51-20-10-8-18-49(51)57)47-16-6-3-13-41(47)42-30-25-37(33-52(42)58)36-23-26-38(27-24-36)59(39-28-31-45-43-14-4-11-21-53(43)60-55(45)34-39)40-29-32-46-44-15-5-12-22-54(44)61-56(46)35-40/h3-35H,1-2H3. The Morgan fingerprint density at radius 3 is 1.36 bits per heavy atom. The van der Waals surface area contributed by atoms with Gasteiger partial charge in [-0.3, -0.25) is 0 Å². The van der Waals surface area contributed by atoms with Crippen LogP contribution in [0.4, 0.5) is 17.1 Å². The molecule has 0 N–H and O–H groups in total. The third kappa shape index (κ3) is 4.88. The summed E-state index contributed by atoms with van der Waals surface area (Å²) in [7, 11) is 0. The van der Waals surface area contributed by atoms with Crippen LogP contribution < -0.4 is 4.90 Å². The highest BCUT2D eigenvalue weighted by molar-refractivity contribution is 7.26. The van der Waals surface area contributed by atoms with Gasteiger partial charge in [-0.15, -0.1) is 22.7 Å². The Hall–Kier alpha value is -6.78. The van der Waals surface area contributed by atoms with E-state index in [-0.39, 0.29) is 5.41 Å². The molecule has 3 heteroatoms. The molecule has 2 heterocycles. The lowest BCUT2D eigenvalue weighted by Crippen LogP contribution is -2.40. The molecule has 2 aliphatic carbocycles. The maximum atomic E-state index is 2.50. The third-order valence-electron chi connectivity index (χ3n) is 13.8. The Bertz CT molecular complexity index is 3420. The van der Waals surface area contributed by atoms with Gasteiger partial charge in [-0.25, -0.2) is 0 Å². The maximum absolute atomic E-state index is 2.50. The molecule has 1 spiro atoms. The summed E-state index contributed by atoms with van der Waals surface area (Å²) < 4.78 is 5.23. The van der Waals surface area contributed by atoms with E-state index in [4.69, 9.17) is 0 Å². The first-order valence-corrected chi connectivity index (χ1v) is 22.8. The van der Waals surface area contributed by atoms with Gasteiger partial charge in [0.05, 0.1) is 5.41 Å². The Balaban J connectivity index is 0.972. The fourth-order valence-corrected chi connectivity index (χ4v) is 13.3. The van der Waals surface area contributed by atoms with Gasteiger partial charge in [-0.05, 0) is 110 Å². The van der Waals surface area contributed by atoms with Crippen LogP contribution in [-0.2, 0) is 10.8 Å². The summed E-state index contributed by atoms with van der Waals surface area (Å²) in [5.41, 5.74) is 16.3. The molecule has 13 rings (SSSR count). The summed E-state index contributed by atoms with van der Waals surface area (Å²) in [6.07, 6.45) is 0. The molecule has 0 saturated carbocycles. The van der Waals surface area contributed by atoms with Crippen LogP contribution in [0.3, 0.4) is 0 Å². The van der Waals surface area contributed by atoms with Gasteiger partial charge >= 0.3 is 0 Å². The van der Waals surface area contributed by atoms with Gasteiger partial charge in [0.1, 0.15) is 0 Å². The quantitative estimate of drug-likeness (QED) is 0.171. The van der Waals surface area contributed by atoms with Gasteiger partial charge < -0.3 is 4.90 Å². The second-order valence-corrected chi connectivity index (χ2v) is 19.4. The molecule has 61 heavy (non-hydrogen) atoms. The molecule has 0 amide bonds. The van der Waals surface area contributed by atoms with Crippen LogP contribution in [0.1, 0.15) is 47.2 Å². The molecular weight excluding hydrogens is 775 g/mol. The van der Waals surface area contributed by atoms with Crippen molar-refractivity contribution >= 4 is 80.1 Å². The topological polar surface area (TPSA) is 3.24 Å². The lowest BCUT2D eigenvalue weighted by Gasteiger charge is -2.46. The van der Waals surface area contributed by atoms with Crippen molar-refractivity contribution in [2.45, 2.75) is 24.7 Å². The Labute approximate surface area is 363 Å². The van der Waals surface area contributed by atoms with Gasteiger partial charge in [0.15, 0.2) is 0 Å². The highest BCUT2D eigenvalue weighted by atomic mass is 32.1. The number of fused-ring (bicyclic) bond motifs is 15. The number of hydrogen-bond donors (Lipinski definition) is 0. The molecular formula is C58H39NS2. The molecule has 2 aliphatic rings. The van der Waals surface area contributed by atoms with Crippen LogP contribution in [0.25, 0.3) is 62.6 Å². The molecule has 0 bridgehead atoms. The minimum absolute atomic E-state index is 0.127. The van der Waals surface area contributed by atoms with Crippen molar-refractivity contribution < 1.29 is 0 Å². The van der Waals surface area contributed by atoms with Gasteiger partial charge in [0.25, 0.3) is 0 Å². The monoisotopic (exact) mass is 813 g/mol. The average molecular weight is 814 g/mol. The number of thiophene rings is 2. The summed E-state index contributed by atoms with van der Waals surface area (Å²) in [5.74, 6) is 0. The smallest absolute Gasteiger partial charge is 0.0719 e. The number of hydrogen-bond acceptors (Lipinski definition) is 3. The zero-order valence-electron chi connectivity index (χ0n) is 33.8. The molecule has 0 saturated heterocycles. The number of rotatable bonds is 4. The van der Waals surface area contributed by atoms with E-state index >= 15 is 0 Å². The third-order valence-corrected chi connectivity index (χ3v) is 16.0. The Morgan fingerprint density at radius 2 is 0.770 bits per heavy atom. The van der Waals surface area contributed by atoms with E-state index in [1.54, 1.807) is 0 Å². The van der Waals surface area contributed by atoms with Crippen LogP contribution in [0.5, 0.6) is 0 Å². The first-order chi connectivity index (χ1) is 30.0. The Morgan fingerprint density at radius 1 is 0.328 bits per heavy atom. The lowest BCUT2D eigenvalue weighted by atomic mass is 9.55. The fraction of sp³-hybridized carbons (Fsp3) is 0.0690. The highest BCUT2D eigenvalue weighted by Crippen LogP contribution is 2.62. The second kappa shape index (κ2) is 12.9. The van der Waals surface area contributed by atoms with E-state index in [9.17, 15) is 0 Å². The van der Waals surface area contributed by atoms with Crippen LogP contribution in [0.2, 0.25) is 0 Å². The van der Waals surface area contributed by atoms with E-state index < -0.39 is 5.41 Å². The van der Waals surface area contributed by atoms with E-state index in [2.05, 4.69) is 219 Å². The molecule has 0 radical (unpaired) electrons. The van der Waals surface area contributed by atoms with Crippen LogP contribution in [0, 0.1) is 0 Å². The SMILES string of the molecule is CC1(C)c2ccccc2C2(c3ccccc3-c3ccc(-c4ccc(N(c5ccc6c(c5)sc5ccccc56)c5ccc6c(c5)sc5ccccc56)cc4)cc32)c2ccccc21. The molecule has 0 unspecified atom stereocenters. The summed E-state index contributed by atoms with van der Waals surface area (Å²) in [6.45, 7) is 4.78. The fourth-order valence-electron chi connectivity index (χ4n) is 11.0. The second-order valence-electron chi connectivity index (χ2n) is 17.2. The minimum Gasteiger partial charge on any atom is -0.310 e. The molecule has 288 valence electrons. The van der Waals surface area contributed by atoms with Crippen molar-refractivity contribution in [2.75, 3.05) is 4.90 Å². The van der Waals surface area contributed by atoms with Crippen LogP contribution >= 0.6 is 22.7 Å². The molecule has 2 aromatic heterocycles. The summed E-state index contributed by atoms with van der Waals surface area (Å²) in [4.78, 5) is 2.43. The predicted octanol–water partition coefficient (Wildman–Crippen LogP) is 16.6. The van der Waals surface area contributed by atoms with E-state index in [0.29, 0.717) is 0 Å². The number of nitrogens with zero attached hydrogens (tertiary/aromatic N) is 1. The van der Waals surface area contributed by atoms with Crippen molar-refractivity contribution in [2.24, 2.45) is 0 Å². The minimum atomic E-state index is -0.419. The first kappa shape index (κ1) is 35.0. The summed E-state index contributed by atoms with van der Waals surface area (Å²) in [5, 5.41) is 5.26. The zero-order valence-corrected chi connectivity index (χ0v) is 35.4. The zero-order chi connectivity index (χ0) is 40.5. The van der Waals surface area contributed by atoms with E-state index in [1.165, 1.54) is 96.0 Å². The first-order valence-electron chi connectivity index (χ1n) is 21.2. The van der Waals surface area contributed by atoms with Gasteiger partial charge in [0, 0.05) is 62.8 Å². The van der Waals surface area contributed by atoms with Gasteiger partial charge in [-0.1, -0.05) is 159 Å². The van der Waals surface area contributed by atoms with Crippen molar-refractivity contribution in [3.05, 3.63) is 234 Å². The van der Waals surface area contributed by atoms with Crippen molar-refractivity contribution in [3.8, 4) is 22.3 Å². The summed E-state index contributed by atoms with van der Waals surface area (Å²) in [6, 6.07) is 75.5. The number of anilines is 3. The van der Waals surface area contributed by atoms with Crippen LogP contribution in [-0.4, -0.2) is 0 Å². The normalized spacial score (nSPS) is 14.3. The molecule has 11 aromatic rings. The van der Waals surface area contributed by atoms with Gasteiger partial charge in [-0.2, -0.15) is 0 Å². The van der Waals surface area contributed by atoms with E-state index in [0.717, 1.165) is 17.1 Å². The lowest BCUT2D eigenvalue weighted by molar-refractivity contribution is 0.563.